The zero-order chi connectivity index (χ0) is 20.5. The summed E-state index contributed by atoms with van der Waals surface area (Å²) in [7, 11) is 0. The molecule has 1 saturated heterocycles. The van der Waals surface area contributed by atoms with E-state index in [1.54, 1.807) is 0 Å². The molecule has 3 rings (SSSR count). The average Bonchev–Trinajstić information content (AvgIpc) is 2.77. The van der Waals surface area contributed by atoms with E-state index in [4.69, 9.17) is 4.74 Å². The highest BCUT2D eigenvalue weighted by atomic mass is 16.5. The van der Waals surface area contributed by atoms with Crippen LogP contribution in [0.1, 0.15) is 35.3 Å². The van der Waals surface area contributed by atoms with E-state index in [0.29, 0.717) is 13.1 Å². The van der Waals surface area contributed by atoms with Crippen LogP contribution in [0.3, 0.4) is 0 Å². The van der Waals surface area contributed by atoms with E-state index in [-0.39, 0.29) is 5.91 Å². The van der Waals surface area contributed by atoms with Crippen molar-refractivity contribution < 1.29 is 9.53 Å². The summed E-state index contributed by atoms with van der Waals surface area (Å²) in [6, 6.07) is 18.3. The predicted octanol–water partition coefficient (Wildman–Crippen LogP) is 4.13. The maximum Gasteiger partial charge on any atom is 0.254 e. The molecule has 0 bridgehead atoms. The largest absolute Gasteiger partial charge is 0.379 e. The zero-order valence-electron chi connectivity index (χ0n) is 17.6. The van der Waals surface area contributed by atoms with Crippen molar-refractivity contribution in [2.24, 2.45) is 0 Å². The van der Waals surface area contributed by atoms with Crippen molar-refractivity contribution in [2.75, 3.05) is 45.9 Å². The molecule has 4 heteroatoms. The van der Waals surface area contributed by atoms with E-state index in [1.807, 2.05) is 35.2 Å². The maximum absolute atomic E-state index is 13.3. The summed E-state index contributed by atoms with van der Waals surface area (Å²) < 4.78 is 5.44. The number of carbonyl (C=O) groups is 1. The van der Waals surface area contributed by atoms with Gasteiger partial charge in [-0.05, 0) is 36.6 Å². The van der Waals surface area contributed by atoms with E-state index in [0.717, 1.165) is 50.4 Å². The second-order valence-corrected chi connectivity index (χ2v) is 7.63. The third-order valence-electron chi connectivity index (χ3n) is 5.34. The molecule has 0 aromatic heterocycles. The molecule has 0 saturated carbocycles. The highest BCUT2D eigenvalue weighted by Gasteiger charge is 2.18. The Labute approximate surface area is 174 Å². The van der Waals surface area contributed by atoms with E-state index in [1.165, 1.54) is 11.1 Å². The van der Waals surface area contributed by atoms with Crippen LogP contribution < -0.4 is 0 Å². The molecular formula is C25H32N2O2. The van der Waals surface area contributed by atoms with Gasteiger partial charge in [-0.2, -0.15) is 0 Å². The summed E-state index contributed by atoms with van der Waals surface area (Å²) in [5.41, 5.74) is 4.35. The number of amides is 1. The molecule has 0 spiro atoms. The Morgan fingerprint density at radius 3 is 2.41 bits per heavy atom. The first-order valence-electron chi connectivity index (χ1n) is 10.6. The van der Waals surface area contributed by atoms with Crippen molar-refractivity contribution in [2.45, 2.75) is 20.3 Å². The minimum atomic E-state index is 0.0988. The third-order valence-corrected chi connectivity index (χ3v) is 5.34. The summed E-state index contributed by atoms with van der Waals surface area (Å²) in [5, 5.41) is 0. The summed E-state index contributed by atoms with van der Waals surface area (Å²) in [6.45, 7) is 9.88. The lowest BCUT2D eigenvalue weighted by molar-refractivity contribution is 0.0330. The van der Waals surface area contributed by atoms with Crippen molar-refractivity contribution in [1.82, 2.24) is 9.80 Å². The van der Waals surface area contributed by atoms with E-state index in [9.17, 15) is 4.79 Å². The average molecular weight is 393 g/mol. The molecule has 1 heterocycles. The minimum Gasteiger partial charge on any atom is -0.379 e. The molecule has 154 valence electrons. The van der Waals surface area contributed by atoms with Crippen LogP contribution in [-0.2, 0) is 11.2 Å². The number of ether oxygens (including phenoxy) is 1. The predicted molar refractivity (Wildman–Crippen MR) is 119 cm³/mol. The van der Waals surface area contributed by atoms with E-state index in [2.05, 4.69) is 49.1 Å². The fourth-order valence-electron chi connectivity index (χ4n) is 3.59. The monoisotopic (exact) mass is 392 g/mol. The SMILES string of the molecule is CCc1ccc(C(=O)N(CCN2CCOCC2)C/C(C)=C/c2ccccc2)cc1. The fourth-order valence-corrected chi connectivity index (χ4v) is 3.59. The molecule has 1 aliphatic rings. The Kier molecular flexibility index (Phi) is 8.03. The van der Waals surface area contributed by atoms with Crippen LogP contribution in [0.15, 0.2) is 60.2 Å². The topological polar surface area (TPSA) is 32.8 Å². The Balaban J connectivity index is 1.72. The molecule has 29 heavy (non-hydrogen) atoms. The third kappa shape index (κ3) is 6.55. The van der Waals surface area contributed by atoms with Gasteiger partial charge in [0.2, 0.25) is 0 Å². The quantitative estimate of drug-likeness (QED) is 0.677. The molecular weight excluding hydrogens is 360 g/mol. The summed E-state index contributed by atoms with van der Waals surface area (Å²) in [6.07, 6.45) is 3.14. The van der Waals surface area contributed by atoms with E-state index < -0.39 is 0 Å². The van der Waals surface area contributed by atoms with Gasteiger partial charge >= 0.3 is 0 Å². The molecule has 1 aliphatic heterocycles. The van der Waals surface area contributed by atoms with Gasteiger partial charge in [0.05, 0.1) is 13.2 Å². The van der Waals surface area contributed by atoms with Crippen molar-refractivity contribution in [3.8, 4) is 0 Å². The first-order valence-corrected chi connectivity index (χ1v) is 10.6. The van der Waals surface area contributed by atoms with Crippen LogP contribution in [0.4, 0.5) is 0 Å². The Morgan fingerprint density at radius 2 is 1.76 bits per heavy atom. The van der Waals surface area contributed by atoms with Gasteiger partial charge in [0, 0.05) is 38.3 Å². The summed E-state index contributed by atoms with van der Waals surface area (Å²) in [4.78, 5) is 17.6. The Hall–Kier alpha value is -2.43. The molecule has 0 unspecified atom stereocenters. The first-order chi connectivity index (χ1) is 14.2. The number of morpholine rings is 1. The molecule has 0 aliphatic carbocycles. The van der Waals surface area contributed by atoms with Gasteiger partial charge in [0.25, 0.3) is 5.91 Å². The van der Waals surface area contributed by atoms with Crippen molar-refractivity contribution >= 4 is 12.0 Å². The van der Waals surface area contributed by atoms with Gasteiger partial charge in [-0.1, -0.05) is 61.0 Å². The molecule has 0 atom stereocenters. The first kappa shape index (κ1) is 21.3. The van der Waals surface area contributed by atoms with Gasteiger partial charge in [-0.15, -0.1) is 0 Å². The number of nitrogens with zero attached hydrogens (tertiary/aromatic N) is 2. The Bertz CT molecular complexity index is 793. The van der Waals surface area contributed by atoms with Gasteiger partial charge in [0.1, 0.15) is 0 Å². The molecule has 0 N–H and O–H groups in total. The molecule has 2 aromatic carbocycles. The second-order valence-electron chi connectivity index (χ2n) is 7.63. The minimum absolute atomic E-state index is 0.0988. The van der Waals surface area contributed by atoms with Crippen molar-refractivity contribution in [1.29, 1.82) is 0 Å². The molecule has 2 aromatic rings. The number of hydrogen-bond donors (Lipinski definition) is 0. The lowest BCUT2D eigenvalue weighted by atomic mass is 10.1. The van der Waals surface area contributed by atoms with Crippen LogP contribution in [0.25, 0.3) is 6.08 Å². The lowest BCUT2D eigenvalue weighted by Gasteiger charge is -2.30. The summed E-state index contributed by atoms with van der Waals surface area (Å²) >= 11 is 0. The van der Waals surface area contributed by atoms with Crippen LogP contribution in [0.5, 0.6) is 0 Å². The number of rotatable bonds is 8. The van der Waals surface area contributed by atoms with Crippen LogP contribution in [0, 0.1) is 0 Å². The van der Waals surface area contributed by atoms with Gasteiger partial charge < -0.3 is 9.64 Å². The normalized spacial score (nSPS) is 15.3. The zero-order valence-corrected chi connectivity index (χ0v) is 17.6. The van der Waals surface area contributed by atoms with Crippen LogP contribution in [-0.4, -0.2) is 61.6 Å². The second kappa shape index (κ2) is 10.9. The number of benzene rings is 2. The van der Waals surface area contributed by atoms with Crippen molar-refractivity contribution in [3.63, 3.8) is 0 Å². The van der Waals surface area contributed by atoms with Gasteiger partial charge in [0.15, 0.2) is 0 Å². The van der Waals surface area contributed by atoms with Gasteiger partial charge in [-0.25, -0.2) is 0 Å². The maximum atomic E-state index is 13.3. The van der Waals surface area contributed by atoms with Crippen molar-refractivity contribution in [3.05, 3.63) is 76.9 Å². The standard InChI is InChI=1S/C25H32N2O2/c1-3-22-9-11-24(12-10-22)25(28)27(14-13-26-15-17-29-18-16-26)20-21(2)19-23-7-5-4-6-8-23/h4-12,19H,3,13-18,20H2,1-2H3/b21-19+. The highest BCUT2D eigenvalue weighted by Crippen LogP contribution is 2.13. The lowest BCUT2D eigenvalue weighted by Crippen LogP contribution is -2.43. The molecule has 1 amide bonds. The van der Waals surface area contributed by atoms with Crippen LogP contribution in [0.2, 0.25) is 0 Å². The number of hydrogen-bond acceptors (Lipinski definition) is 3. The smallest absolute Gasteiger partial charge is 0.254 e. The fraction of sp³-hybridized carbons (Fsp3) is 0.400. The molecule has 4 nitrogen and oxygen atoms in total. The molecule has 0 radical (unpaired) electrons. The highest BCUT2D eigenvalue weighted by molar-refractivity contribution is 5.94. The van der Waals surface area contributed by atoms with Gasteiger partial charge in [-0.3, -0.25) is 9.69 Å². The molecule has 1 fully saturated rings. The van der Waals surface area contributed by atoms with E-state index >= 15 is 0 Å². The number of aryl methyl sites for hydroxylation is 1. The summed E-state index contributed by atoms with van der Waals surface area (Å²) in [5.74, 6) is 0.0988. The van der Waals surface area contributed by atoms with Crippen LogP contribution >= 0.6 is 0 Å². The number of carbonyl (C=O) groups excluding carboxylic acids is 1. The Morgan fingerprint density at radius 1 is 1.07 bits per heavy atom.